The molecule has 0 bridgehead atoms. The summed E-state index contributed by atoms with van der Waals surface area (Å²) in [5.74, 6) is 0.136. The minimum absolute atomic E-state index is 0.137. The Morgan fingerprint density at radius 1 is 1.11 bits per heavy atom. The van der Waals surface area contributed by atoms with E-state index < -0.39 is 0 Å². The number of benzene rings is 2. The van der Waals surface area contributed by atoms with Crippen LogP contribution >= 0.6 is 0 Å². The third-order valence-corrected chi connectivity index (χ3v) is 4.74. The number of piperidine rings is 1. The van der Waals surface area contributed by atoms with Gasteiger partial charge < -0.3 is 19.7 Å². The summed E-state index contributed by atoms with van der Waals surface area (Å²) in [6.07, 6.45) is 2.39. The molecule has 0 atom stereocenters. The highest BCUT2D eigenvalue weighted by Gasteiger charge is 2.19. The van der Waals surface area contributed by atoms with Gasteiger partial charge in [-0.25, -0.2) is 4.39 Å². The standard InChI is InChI=1S/C21H25FN2O3/c1-26-19-10-13-24(14-11-19)18-6-2-16(3-7-18)21(25)23-12-15-27-20-8-4-17(22)5-9-20/h2-9,19H,10-15H2,1H3,(H,23,25). The molecule has 6 heteroatoms. The molecule has 1 heterocycles. The highest BCUT2D eigenvalue weighted by atomic mass is 19.1. The van der Waals surface area contributed by atoms with Gasteiger partial charge in [-0.05, 0) is 61.4 Å². The monoisotopic (exact) mass is 372 g/mol. The lowest BCUT2D eigenvalue weighted by atomic mass is 10.1. The first-order chi connectivity index (χ1) is 13.2. The van der Waals surface area contributed by atoms with E-state index in [1.54, 1.807) is 19.2 Å². The summed E-state index contributed by atoms with van der Waals surface area (Å²) < 4.78 is 23.7. The van der Waals surface area contributed by atoms with E-state index in [0.29, 0.717) is 30.6 Å². The van der Waals surface area contributed by atoms with Crippen molar-refractivity contribution in [1.29, 1.82) is 0 Å². The second-order valence-corrected chi connectivity index (χ2v) is 6.53. The van der Waals surface area contributed by atoms with Gasteiger partial charge in [0.05, 0.1) is 12.6 Å². The van der Waals surface area contributed by atoms with Gasteiger partial charge in [-0.15, -0.1) is 0 Å². The molecule has 0 aliphatic carbocycles. The van der Waals surface area contributed by atoms with Crippen LogP contribution in [0.3, 0.4) is 0 Å². The van der Waals surface area contributed by atoms with Gasteiger partial charge >= 0.3 is 0 Å². The molecule has 0 radical (unpaired) electrons. The molecule has 0 saturated carbocycles. The van der Waals surface area contributed by atoms with Crippen molar-refractivity contribution in [3.63, 3.8) is 0 Å². The maximum atomic E-state index is 12.8. The molecule has 0 unspecified atom stereocenters. The van der Waals surface area contributed by atoms with Crippen LogP contribution in [0.25, 0.3) is 0 Å². The van der Waals surface area contributed by atoms with Gasteiger partial charge in [-0.2, -0.15) is 0 Å². The third kappa shape index (κ3) is 5.44. The second kappa shape index (κ2) is 9.37. The van der Waals surface area contributed by atoms with Crippen LogP contribution in [-0.4, -0.2) is 45.4 Å². The van der Waals surface area contributed by atoms with Crippen LogP contribution in [-0.2, 0) is 4.74 Å². The predicted octanol–water partition coefficient (Wildman–Crippen LogP) is 3.25. The molecule has 0 aromatic heterocycles. The second-order valence-electron chi connectivity index (χ2n) is 6.53. The topological polar surface area (TPSA) is 50.8 Å². The molecule has 5 nitrogen and oxygen atoms in total. The van der Waals surface area contributed by atoms with Crippen LogP contribution in [0, 0.1) is 5.82 Å². The fraction of sp³-hybridized carbons (Fsp3) is 0.381. The maximum Gasteiger partial charge on any atom is 0.251 e. The molecule has 1 fully saturated rings. The fourth-order valence-corrected chi connectivity index (χ4v) is 3.14. The molecular formula is C21H25FN2O3. The third-order valence-electron chi connectivity index (χ3n) is 4.74. The summed E-state index contributed by atoms with van der Waals surface area (Å²) in [5.41, 5.74) is 1.74. The summed E-state index contributed by atoms with van der Waals surface area (Å²) in [4.78, 5) is 14.5. The molecule has 2 aromatic carbocycles. The van der Waals surface area contributed by atoms with Gasteiger partial charge in [0.2, 0.25) is 0 Å². The Labute approximate surface area is 159 Å². The Balaban J connectivity index is 1.43. The number of nitrogens with zero attached hydrogens (tertiary/aromatic N) is 1. The molecule has 3 rings (SSSR count). The number of nitrogens with one attached hydrogen (secondary N) is 1. The number of amides is 1. The Bertz CT molecular complexity index is 726. The lowest BCUT2D eigenvalue weighted by Crippen LogP contribution is -2.36. The van der Waals surface area contributed by atoms with Crippen molar-refractivity contribution in [2.24, 2.45) is 0 Å². The van der Waals surface area contributed by atoms with Crippen molar-refractivity contribution < 1.29 is 18.7 Å². The number of hydrogen-bond donors (Lipinski definition) is 1. The van der Waals surface area contributed by atoms with Crippen LogP contribution in [0.4, 0.5) is 10.1 Å². The highest BCUT2D eigenvalue weighted by molar-refractivity contribution is 5.94. The molecule has 1 N–H and O–H groups in total. The van der Waals surface area contributed by atoms with Crippen LogP contribution in [0.1, 0.15) is 23.2 Å². The summed E-state index contributed by atoms with van der Waals surface area (Å²) in [5, 5.41) is 2.82. The predicted molar refractivity (Wildman–Crippen MR) is 103 cm³/mol. The van der Waals surface area contributed by atoms with Gasteiger partial charge in [-0.1, -0.05) is 0 Å². The van der Waals surface area contributed by atoms with Crippen molar-refractivity contribution >= 4 is 11.6 Å². The highest BCUT2D eigenvalue weighted by Crippen LogP contribution is 2.21. The van der Waals surface area contributed by atoms with E-state index in [2.05, 4.69) is 10.2 Å². The number of carbonyl (C=O) groups excluding carboxylic acids is 1. The Hall–Kier alpha value is -2.60. The lowest BCUT2D eigenvalue weighted by Gasteiger charge is -2.33. The van der Waals surface area contributed by atoms with E-state index in [1.165, 1.54) is 12.1 Å². The molecular weight excluding hydrogens is 347 g/mol. The van der Waals surface area contributed by atoms with E-state index in [4.69, 9.17) is 9.47 Å². The normalized spacial score (nSPS) is 14.8. The van der Waals surface area contributed by atoms with Crippen molar-refractivity contribution in [2.45, 2.75) is 18.9 Å². The first-order valence-corrected chi connectivity index (χ1v) is 9.20. The first-order valence-electron chi connectivity index (χ1n) is 9.20. The Morgan fingerprint density at radius 2 is 1.78 bits per heavy atom. The molecule has 144 valence electrons. The molecule has 1 amide bonds. The number of methoxy groups -OCH3 is 1. The first kappa shape index (κ1) is 19.2. The summed E-state index contributed by atoms with van der Waals surface area (Å²) in [7, 11) is 1.76. The molecule has 1 aliphatic rings. The Morgan fingerprint density at radius 3 is 2.41 bits per heavy atom. The summed E-state index contributed by atoms with van der Waals surface area (Å²) in [6.45, 7) is 2.63. The molecule has 0 spiro atoms. The SMILES string of the molecule is COC1CCN(c2ccc(C(=O)NCCOc3ccc(F)cc3)cc2)CC1. The summed E-state index contributed by atoms with van der Waals surface area (Å²) >= 11 is 0. The van der Waals surface area contributed by atoms with Crippen molar-refractivity contribution in [3.05, 3.63) is 59.9 Å². The van der Waals surface area contributed by atoms with Crippen LogP contribution in [0.5, 0.6) is 5.75 Å². The van der Waals surface area contributed by atoms with Gasteiger partial charge in [0.25, 0.3) is 5.91 Å². The number of halogens is 1. The lowest BCUT2D eigenvalue weighted by molar-refractivity contribution is 0.0819. The van der Waals surface area contributed by atoms with E-state index in [1.807, 2.05) is 24.3 Å². The zero-order valence-electron chi connectivity index (χ0n) is 15.5. The van der Waals surface area contributed by atoms with E-state index in [0.717, 1.165) is 31.6 Å². The van der Waals surface area contributed by atoms with Gasteiger partial charge in [0, 0.05) is 31.5 Å². The number of hydrogen-bond acceptors (Lipinski definition) is 4. The summed E-state index contributed by atoms with van der Waals surface area (Å²) in [6, 6.07) is 13.5. The minimum atomic E-state index is -0.304. The molecule has 27 heavy (non-hydrogen) atoms. The smallest absolute Gasteiger partial charge is 0.251 e. The van der Waals surface area contributed by atoms with Crippen molar-refractivity contribution in [2.75, 3.05) is 38.3 Å². The quantitative estimate of drug-likeness (QED) is 0.758. The maximum absolute atomic E-state index is 12.8. The van der Waals surface area contributed by atoms with Gasteiger partial charge in [-0.3, -0.25) is 4.79 Å². The van der Waals surface area contributed by atoms with Crippen molar-refractivity contribution in [1.82, 2.24) is 5.32 Å². The minimum Gasteiger partial charge on any atom is -0.492 e. The largest absolute Gasteiger partial charge is 0.492 e. The average molecular weight is 372 g/mol. The zero-order chi connectivity index (χ0) is 19.1. The fourth-order valence-electron chi connectivity index (χ4n) is 3.14. The average Bonchev–Trinajstić information content (AvgIpc) is 2.72. The van der Waals surface area contributed by atoms with E-state index in [9.17, 15) is 9.18 Å². The Kier molecular flexibility index (Phi) is 6.65. The van der Waals surface area contributed by atoms with Crippen LogP contribution in [0.15, 0.2) is 48.5 Å². The van der Waals surface area contributed by atoms with Crippen LogP contribution in [0.2, 0.25) is 0 Å². The van der Waals surface area contributed by atoms with Crippen LogP contribution < -0.4 is 15.0 Å². The van der Waals surface area contributed by atoms with Gasteiger partial charge in [0.15, 0.2) is 0 Å². The van der Waals surface area contributed by atoms with Crippen molar-refractivity contribution in [3.8, 4) is 5.75 Å². The molecule has 2 aromatic rings. The van der Waals surface area contributed by atoms with E-state index in [-0.39, 0.29) is 11.7 Å². The van der Waals surface area contributed by atoms with Gasteiger partial charge in [0.1, 0.15) is 18.2 Å². The number of carbonyl (C=O) groups is 1. The molecule has 1 aliphatic heterocycles. The zero-order valence-corrected chi connectivity index (χ0v) is 15.5. The number of rotatable bonds is 7. The number of ether oxygens (including phenoxy) is 2. The molecule has 1 saturated heterocycles. The van der Waals surface area contributed by atoms with E-state index >= 15 is 0 Å². The number of anilines is 1.